The van der Waals surface area contributed by atoms with Crippen LogP contribution in [0.5, 0.6) is 0 Å². The van der Waals surface area contributed by atoms with Gasteiger partial charge in [-0.2, -0.15) is 0 Å². The van der Waals surface area contributed by atoms with E-state index in [9.17, 15) is 19.5 Å². The summed E-state index contributed by atoms with van der Waals surface area (Å²) in [5.41, 5.74) is 0.268. The lowest BCUT2D eigenvalue weighted by molar-refractivity contribution is -0.146. The number of ether oxygens (including phenoxy) is 2. The molecule has 0 saturated carbocycles. The maximum atomic E-state index is 11.8. The molecule has 1 aromatic heterocycles. The normalized spacial score (nSPS) is 9.91. The predicted octanol–water partition coefficient (Wildman–Crippen LogP) is 2.94. The Hall–Kier alpha value is -1.87. The Labute approximate surface area is 145 Å². The molecule has 0 atom stereocenters. The lowest BCUT2D eigenvalue weighted by Crippen LogP contribution is -2.19. The zero-order valence-electron chi connectivity index (χ0n) is 12.8. The molecule has 1 aromatic rings. The van der Waals surface area contributed by atoms with Crippen LogP contribution in [-0.2, 0) is 19.1 Å². The number of aromatic carboxylic acids is 1. The zero-order valence-corrected chi connectivity index (χ0v) is 15.2. The highest BCUT2D eigenvalue weighted by Crippen LogP contribution is 2.36. The van der Waals surface area contributed by atoms with E-state index >= 15 is 0 Å². The van der Waals surface area contributed by atoms with Gasteiger partial charge in [0.1, 0.15) is 5.00 Å². The Morgan fingerprint density at radius 2 is 1.74 bits per heavy atom. The highest BCUT2D eigenvalue weighted by atomic mass is 79.9. The fraction of sp³-hybridized carbons (Fsp3) is 0.357. The first-order valence-electron chi connectivity index (χ1n) is 6.66. The van der Waals surface area contributed by atoms with Crippen molar-refractivity contribution in [2.45, 2.75) is 20.8 Å². The van der Waals surface area contributed by atoms with Crippen LogP contribution >= 0.6 is 27.3 Å². The molecule has 9 heteroatoms. The van der Waals surface area contributed by atoms with Gasteiger partial charge < -0.3 is 19.9 Å². The van der Waals surface area contributed by atoms with Crippen molar-refractivity contribution in [1.82, 2.24) is 0 Å². The molecule has 0 aromatic carbocycles. The number of anilines is 1. The predicted molar refractivity (Wildman–Crippen MR) is 88.7 cm³/mol. The number of thiophene rings is 1. The Morgan fingerprint density at radius 1 is 1.22 bits per heavy atom. The van der Waals surface area contributed by atoms with Gasteiger partial charge in [0.05, 0.1) is 22.6 Å². The molecular weight excluding hydrogens is 390 g/mol. The molecule has 0 amide bonds. The Kier molecular flexibility index (Phi) is 7.24. The zero-order chi connectivity index (χ0) is 17.6. The number of hydrogen-bond acceptors (Lipinski definition) is 7. The highest BCUT2D eigenvalue weighted by molar-refractivity contribution is 9.11. The minimum atomic E-state index is -1.12. The van der Waals surface area contributed by atoms with E-state index in [1.807, 2.05) is 0 Å². The third kappa shape index (κ3) is 4.80. The van der Waals surface area contributed by atoms with E-state index in [4.69, 9.17) is 9.47 Å². The number of carboxylic acids is 1. The lowest BCUT2D eigenvalue weighted by Gasteiger charge is -2.07. The van der Waals surface area contributed by atoms with Crippen LogP contribution in [0.3, 0.4) is 0 Å². The molecule has 1 heterocycles. The Balaban J connectivity index is 3.15. The van der Waals surface area contributed by atoms with Gasteiger partial charge in [0.2, 0.25) is 0 Å². The van der Waals surface area contributed by atoms with Crippen LogP contribution in [0.2, 0.25) is 0 Å². The third-order valence-corrected chi connectivity index (χ3v) is 4.73. The first kappa shape index (κ1) is 19.2. The summed E-state index contributed by atoms with van der Waals surface area (Å²) in [5, 5.41) is 12.2. The number of halogens is 1. The molecule has 23 heavy (non-hydrogen) atoms. The van der Waals surface area contributed by atoms with Crippen LogP contribution in [0.4, 0.5) is 5.00 Å². The van der Waals surface area contributed by atoms with Crippen LogP contribution in [0.15, 0.2) is 15.6 Å². The van der Waals surface area contributed by atoms with Crippen molar-refractivity contribution in [2.75, 3.05) is 18.5 Å². The molecule has 0 radical (unpaired) electrons. The number of esters is 2. The summed E-state index contributed by atoms with van der Waals surface area (Å²) >= 11 is 4.40. The second kappa shape index (κ2) is 8.68. The van der Waals surface area contributed by atoms with Crippen molar-refractivity contribution in [1.29, 1.82) is 0 Å². The summed E-state index contributed by atoms with van der Waals surface area (Å²) in [5.74, 6) is -2.81. The lowest BCUT2D eigenvalue weighted by atomic mass is 10.2. The largest absolute Gasteiger partial charge is 0.478 e. The molecule has 0 aliphatic heterocycles. The molecule has 0 spiro atoms. The average Bonchev–Trinajstić information content (AvgIpc) is 2.75. The number of carboxylic acid groups (broad SMARTS) is 1. The minimum Gasteiger partial charge on any atom is -0.478 e. The number of carbonyl (C=O) groups excluding carboxylic acids is 2. The van der Waals surface area contributed by atoms with Crippen LogP contribution in [0.25, 0.3) is 0 Å². The van der Waals surface area contributed by atoms with E-state index in [0.717, 1.165) is 17.5 Å². The topological polar surface area (TPSA) is 102 Å². The summed E-state index contributed by atoms with van der Waals surface area (Å²) in [6.45, 7) is 5.06. The summed E-state index contributed by atoms with van der Waals surface area (Å²) in [4.78, 5) is 35.0. The fourth-order valence-corrected chi connectivity index (χ4v) is 3.18. The first-order valence-corrected chi connectivity index (χ1v) is 8.27. The van der Waals surface area contributed by atoms with Gasteiger partial charge in [-0.3, -0.25) is 0 Å². The maximum Gasteiger partial charge on any atom is 0.347 e. The first-order chi connectivity index (χ1) is 10.8. The fourth-order valence-electron chi connectivity index (χ4n) is 1.60. The van der Waals surface area contributed by atoms with Crippen LogP contribution in [-0.4, -0.2) is 36.2 Å². The minimum absolute atomic E-state index is 0.0604. The molecular formula is C14H16BrNO6S. The molecule has 2 N–H and O–H groups in total. The molecule has 0 fully saturated rings. The average molecular weight is 406 g/mol. The van der Waals surface area contributed by atoms with E-state index < -0.39 is 17.9 Å². The third-order valence-electron chi connectivity index (χ3n) is 2.64. The smallest absolute Gasteiger partial charge is 0.347 e. The van der Waals surface area contributed by atoms with Crippen molar-refractivity contribution in [3.8, 4) is 0 Å². The van der Waals surface area contributed by atoms with Crippen molar-refractivity contribution in [3.05, 3.63) is 26.7 Å². The SMILES string of the molecule is CCOC(=O)C(=CNc1sc(Br)c(C)c1C(=O)O)C(=O)OCC. The van der Waals surface area contributed by atoms with Crippen LogP contribution < -0.4 is 5.32 Å². The molecule has 126 valence electrons. The van der Waals surface area contributed by atoms with Gasteiger partial charge in [0.25, 0.3) is 0 Å². The summed E-state index contributed by atoms with van der Waals surface area (Å²) in [6, 6.07) is 0. The van der Waals surface area contributed by atoms with Gasteiger partial charge >= 0.3 is 17.9 Å². The highest BCUT2D eigenvalue weighted by Gasteiger charge is 2.23. The molecule has 0 bridgehead atoms. The van der Waals surface area contributed by atoms with Gasteiger partial charge in [-0.05, 0) is 42.3 Å². The Morgan fingerprint density at radius 3 is 2.17 bits per heavy atom. The van der Waals surface area contributed by atoms with E-state index in [2.05, 4.69) is 21.2 Å². The second-order valence-corrected chi connectivity index (χ2v) is 6.49. The summed E-state index contributed by atoms with van der Waals surface area (Å²) in [7, 11) is 0. The monoisotopic (exact) mass is 405 g/mol. The molecule has 0 aliphatic rings. The van der Waals surface area contributed by atoms with E-state index in [1.54, 1.807) is 20.8 Å². The maximum absolute atomic E-state index is 11.8. The van der Waals surface area contributed by atoms with Gasteiger partial charge in [-0.1, -0.05) is 0 Å². The number of hydrogen-bond donors (Lipinski definition) is 2. The van der Waals surface area contributed by atoms with Gasteiger partial charge in [0, 0.05) is 6.20 Å². The van der Waals surface area contributed by atoms with Crippen LogP contribution in [0.1, 0.15) is 29.8 Å². The van der Waals surface area contributed by atoms with E-state index in [0.29, 0.717) is 9.35 Å². The van der Waals surface area contributed by atoms with Crippen molar-refractivity contribution in [2.24, 2.45) is 0 Å². The van der Waals surface area contributed by atoms with Crippen molar-refractivity contribution in [3.63, 3.8) is 0 Å². The molecule has 0 aliphatic carbocycles. The molecule has 0 unspecified atom stereocenters. The van der Waals surface area contributed by atoms with Gasteiger partial charge in [-0.25, -0.2) is 14.4 Å². The number of carbonyl (C=O) groups is 3. The van der Waals surface area contributed by atoms with E-state index in [-0.39, 0.29) is 29.4 Å². The summed E-state index contributed by atoms with van der Waals surface area (Å²) < 4.78 is 10.2. The quantitative estimate of drug-likeness (QED) is 0.311. The number of nitrogens with one attached hydrogen (secondary N) is 1. The molecule has 0 saturated heterocycles. The molecule has 7 nitrogen and oxygen atoms in total. The van der Waals surface area contributed by atoms with Gasteiger partial charge in [0.15, 0.2) is 5.57 Å². The summed E-state index contributed by atoms with van der Waals surface area (Å²) in [6.07, 6.45) is 1.10. The van der Waals surface area contributed by atoms with Crippen molar-refractivity contribution < 1.29 is 29.0 Å². The van der Waals surface area contributed by atoms with Crippen molar-refractivity contribution >= 4 is 50.2 Å². The van der Waals surface area contributed by atoms with Crippen LogP contribution in [0, 0.1) is 6.92 Å². The second-order valence-electron chi connectivity index (χ2n) is 4.15. The standard InChI is InChI=1S/C14H16BrNO6S/c1-4-21-13(19)8(14(20)22-5-2)6-16-11-9(12(17)18)7(3)10(15)23-11/h6,16H,4-5H2,1-3H3,(H,17,18). The number of rotatable bonds is 7. The Bertz CT molecular complexity index is 632. The van der Waals surface area contributed by atoms with Gasteiger partial charge in [-0.15, -0.1) is 11.3 Å². The van der Waals surface area contributed by atoms with E-state index in [1.165, 1.54) is 0 Å². The molecule has 1 rings (SSSR count).